The number of carbonyl (C=O) groups excluding carboxylic acids is 1. The van der Waals surface area contributed by atoms with Crippen LogP contribution in [-0.2, 0) is 6.42 Å². The van der Waals surface area contributed by atoms with Crippen LogP contribution in [-0.4, -0.2) is 47.9 Å². The second-order valence-corrected chi connectivity index (χ2v) is 10.4. The lowest BCUT2D eigenvalue weighted by Crippen LogP contribution is -2.63. The van der Waals surface area contributed by atoms with E-state index in [1.165, 1.54) is 9.50 Å². The number of hydrogen-bond donors (Lipinski definition) is 0. The monoisotopic (exact) mass is 458 g/mol. The fourth-order valence-electron chi connectivity index (χ4n) is 5.47. The second-order valence-electron chi connectivity index (χ2n) is 9.28. The van der Waals surface area contributed by atoms with Gasteiger partial charge in [-0.15, -0.1) is 16.1 Å². The summed E-state index contributed by atoms with van der Waals surface area (Å²) in [6, 6.07) is 12.5. The van der Waals surface area contributed by atoms with Crippen molar-refractivity contribution < 1.29 is 4.79 Å². The van der Waals surface area contributed by atoms with Gasteiger partial charge < -0.3 is 4.90 Å². The molecule has 0 spiro atoms. The fraction of sp³-hybridized carbons (Fsp3) is 0.400. The maximum atomic E-state index is 14.0. The van der Waals surface area contributed by atoms with E-state index < -0.39 is 0 Å². The minimum absolute atomic E-state index is 0.00435. The van der Waals surface area contributed by atoms with E-state index in [9.17, 15) is 4.79 Å². The Morgan fingerprint density at radius 3 is 2.67 bits per heavy atom. The zero-order valence-electron chi connectivity index (χ0n) is 18.8. The predicted octanol–water partition coefficient (Wildman–Crippen LogP) is 4.45. The van der Waals surface area contributed by atoms with Crippen molar-refractivity contribution in [2.45, 2.75) is 51.6 Å². The van der Waals surface area contributed by atoms with Gasteiger partial charge in [-0.2, -0.15) is 10.2 Å². The van der Waals surface area contributed by atoms with E-state index in [2.05, 4.69) is 45.2 Å². The van der Waals surface area contributed by atoms with E-state index >= 15 is 0 Å². The minimum Gasteiger partial charge on any atom is -0.331 e. The molecule has 2 aliphatic heterocycles. The number of piperidine rings is 2. The number of nitrogens with zero attached hydrogens (tertiary/aromatic N) is 6. The van der Waals surface area contributed by atoms with Crippen molar-refractivity contribution >= 4 is 27.5 Å². The van der Waals surface area contributed by atoms with E-state index in [1.807, 2.05) is 25.1 Å². The first-order valence-electron chi connectivity index (χ1n) is 11.6. The molecular weight excluding hydrogens is 432 g/mol. The minimum atomic E-state index is -0.00435. The van der Waals surface area contributed by atoms with Crippen LogP contribution in [0, 0.1) is 18.8 Å². The molecule has 1 aliphatic carbocycles. The van der Waals surface area contributed by atoms with E-state index in [0.29, 0.717) is 29.3 Å². The van der Waals surface area contributed by atoms with Crippen LogP contribution in [0.3, 0.4) is 0 Å². The number of thiazole rings is 1. The lowest BCUT2D eigenvalue weighted by molar-refractivity contribution is -0.0573. The average molecular weight is 459 g/mol. The number of pyridine rings is 1. The van der Waals surface area contributed by atoms with Crippen LogP contribution in [0.15, 0.2) is 48.8 Å². The fourth-order valence-corrected chi connectivity index (χ4v) is 6.45. The Labute approximate surface area is 196 Å². The lowest BCUT2D eigenvalue weighted by atomic mass is 9.64. The maximum Gasteiger partial charge on any atom is 0.275 e. The van der Waals surface area contributed by atoms with Crippen molar-refractivity contribution in [2.24, 2.45) is 11.8 Å². The third-order valence-electron chi connectivity index (χ3n) is 7.33. The van der Waals surface area contributed by atoms with Gasteiger partial charge in [0.2, 0.25) is 0 Å². The Hall–Kier alpha value is -3.13. The standard InChI is InChI=1S/C25H26N6OS/c1-15-7-8-21(31-26-11-12-27-31)24(28-15)25(32)30-18-13-17(14-18)16(2)20(30)9-10-23-29-19-5-3-4-6-22(19)33-23/h3-8,11-12,16-18,20H,9-10,13-14H2,1-2H3/t16-,17?,18?,20?/m1/s1. The van der Waals surface area contributed by atoms with Crippen LogP contribution >= 0.6 is 11.3 Å². The number of amides is 1. The van der Waals surface area contributed by atoms with Crippen molar-refractivity contribution in [3.05, 3.63) is 65.2 Å². The van der Waals surface area contributed by atoms with Gasteiger partial charge in [-0.1, -0.05) is 19.1 Å². The number of aryl methyl sites for hydroxylation is 2. The van der Waals surface area contributed by atoms with E-state index in [-0.39, 0.29) is 11.9 Å². The molecule has 0 N–H and O–H groups in total. The molecule has 5 heterocycles. The number of fused-ring (bicyclic) bond motifs is 3. The normalized spacial score (nSPS) is 24.1. The molecule has 1 saturated carbocycles. The molecule has 2 saturated heterocycles. The number of para-hydroxylation sites is 1. The van der Waals surface area contributed by atoms with Gasteiger partial charge in [-0.05, 0) is 62.3 Å². The van der Waals surface area contributed by atoms with Crippen molar-refractivity contribution in [1.82, 2.24) is 29.9 Å². The van der Waals surface area contributed by atoms with Crippen molar-refractivity contribution in [1.29, 1.82) is 0 Å². The van der Waals surface area contributed by atoms with Gasteiger partial charge in [0.15, 0.2) is 5.69 Å². The van der Waals surface area contributed by atoms with E-state index in [0.717, 1.165) is 41.9 Å². The first kappa shape index (κ1) is 20.5. The van der Waals surface area contributed by atoms with Gasteiger partial charge in [0.1, 0.15) is 5.69 Å². The largest absolute Gasteiger partial charge is 0.331 e. The summed E-state index contributed by atoms with van der Waals surface area (Å²) < 4.78 is 1.22. The molecule has 2 atom stereocenters. The Balaban J connectivity index is 1.31. The highest BCUT2D eigenvalue weighted by molar-refractivity contribution is 7.18. The Kier molecular flexibility index (Phi) is 4.98. The van der Waals surface area contributed by atoms with Crippen LogP contribution in [0.2, 0.25) is 0 Å². The van der Waals surface area contributed by atoms with Crippen LogP contribution in [0.1, 0.15) is 47.4 Å². The third kappa shape index (κ3) is 3.53. The molecule has 3 aliphatic rings. The molecule has 7 rings (SSSR count). The molecule has 33 heavy (non-hydrogen) atoms. The molecule has 168 valence electrons. The van der Waals surface area contributed by atoms with Crippen LogP contribution < -0.4 is 0 Å². The SMILES string of the molecule is Cc1ccc(-n2nccn2)c(C(=O)N2C3CC(C3)[C@@H](C)C2CCc2nc3ccccc3s2)n1. The highest BCUT2D eigenvalue weighted by atomic mass is 32.1. The Morgan fingerprint density at radius 1 is 1.09 bits per heavy atom. The molecule has 2 bridgehead atoms. The summed E-state index contributed by atoms with van der Waals surface area (Å²) in [7, 11) is 0. The van der Waals surface area contributed by atoms with Gasteiger partial charge in [0, 0.05) is 24.2 Å². The molecule has 1 aromatic carbocycles. The highest BCUT2D eigenvalue weighted by Crippen LogP contribution is 2.48. The zero-order valence-corrected chi connectivity index (χ0v) is 19.6. The molecule has 8 heteroatoms. The molecule has 1 amide bonds. The molecule has 7 nitrogen and oxygen atoms in total. The quantitative estimate of drug-likeness (QED) is 0.442. The molecule has 3 fully saturated rings. The number of hydrogen-bond acceptors (Lipinski definition) is 6. The number of benzene rings is 1. The van der Waals surface area contributed by atoms with Crippen LogP contribution in [0.25, 0.3) is 15.9 Å². The first-order valence-corrected chi connectivity index (χ1v) is 12.4. The summed E-state index contributed by atoms with van der Waals surface area (Å²) in [5.74, 6) is 1.16. The Bertz CT molecular complexity index is 1280. The molecule has 0 radical (unpaired) electrons. The molecule has 4 aromatic rings. The van der Waals surface area contributed by atoms with Crippen LogP contribution in [0.5, 0.6) is 0 Å². The summed E-state index contributed by atoms with van der Waals surface area (Å²) in [5, 5.41) is 9.65. The number of rotatable bonds is 5. The van der Waals surface area contributed by atoms with Gasteiger partial charge >= 0.3 is 0 Å². The lowest BCUT2D eigenvalue weighted by Gasteiger charge is -2.57. The zero-order chi connectivity index (χ0) is 22.5. The smallest absolute Gasteiger partial charge is 0.275 e. The molecule has 1 unspecified atom stereocenters. The molecular formula is C25H26N6OS. The topological polar surface area (TPSA) is 76.8 Å². The average Bonchev–Trinajstić information content (AvgIpc) is 3.46. The summed E-state index contributed by atoms with van der Waals surface area (Å²) >= 11 is 1.76. The van der Waals surface area contributed by atoms with E-state index in [1.54, 1.807) is 23.7 Å². The molecule has 3 aromatic heterocycles. The van der Waals surface area contributed by atoms with Crippen molar-refractivity contribution in [2.75, 3.05) is 0 Å². The summed E-state index contributed by atoms with van der Waals surface area (Å²) in [6.07, 6.45) is 7.22. The van der Waals surface area contributed by atoms with Gasteiger partial charge in [-0.3, -0.25) is 4.79 Å². The predicted molar refractivity (Wildman–Crippen MR) is 127 cm³/mol. The summed E-state index contributed by atoms with van der Waals surface area (Å²) in [5.41, 5.74) is 2.95. The van der Waals surface area contributed by atoms with Crippen molar-refractivity contribution in [3.63, 3.8) is 0 Å². The second kappa shape index (κ2) is 8.02. The summed E-state index contributed by atoms with van der Waals surface area (Å²) in [4.78, 5) is 27.1. The van der Waals surface area contributed by atoms with Crippen LogP contribution in [0.4, 0.5) is 0 Å². The van der Waals surface area contributed by atoms with Gasteiger partial charge in [0.25, 0.3) is 5.91 Å². The number of aromatic nitrogens is 5. The Morgan fingerprint density at radius 2 is 1.88 bits per heavy atom. The van der Waals surface area contributed by atoms with Gasteiger partial charge in [0.05, 0.1) is 27.6 Å². The third-order valence-corrected chi connectivity index (χ3v) is 8.42. The highest BCUT2D eigenvalue weighted by Gasteiger charge is 2.50. The number of carbonyl (C=O) groups is 1. The summed E-state index contributed by atoms with van der Waals surface area (Å²) in [6.45, 7) is 4.23. The maximum absolute atomic E-state index is 14.0. The van der Waals surface area contributed by atoms with Gasteiger partial charge in [-0.25, -0.2) is 9.97 Å². The first-order chi connectivity index (χ1) is 16.1. The van der Waals surface area contributed by atoms with E-state index in [4.69, 9.17) is 4.98 Å². The van der Waals surface area contributed by atoms with Crippen molar-refractivity contribution in [3.8, 4) is 5.69 Å².